The fraction of sp³-hybridized carbons (Fsp3) is 0.857. The third-order valence-corrected chi connectivity index (χ3v) is 1.63. The van der Waals surface area contributed by atoms with Crippen molar-refractivity contribution in [2.75, 3.05) is 0 Å². The van der Waals surface area contributed by atoms with Gasteiger partial charge in [-0.2, -0.15) is 0 Å². The van der Waals surface area contributed by atoms with E-state index in [1.54, 1.807) is 6.92 Å². The molecule has 0 amide bonds. The molecule has 0 saturated carbocycles. The van der Waals surface area contributed by atoms with Crippen LogP contribution in [0.3, 0.4) is 0 Å². The van der Waals surface area contributed by atoms with Crippen molar-refractivity contribution >= 4 is 5.97 Å². The van der Waals surface area contributed by atoms with Crippen molar-refractivity contribution in [1.82, 2.24) is 0 Å². The van der Waals surface area contributed by atoms with Crippen molar-refractivity contribution in [3.8, 4) is 0 Å². The quantitative estimate of drug-likeness (QED) is 0.447. The molecule has 0 rings (SSSR count). The molecule has 0 fully saturated rings. The summed E-state index contributed by atoms with van der Waals surface area (Å²) in [5.74, 6) is -1.10. The zero-order valence-electron chi connectivity index (χ0n) is 7.39. The van der Waals surface area contributed by atoms with Gasteiger partial charge in [0.1, 0.15) is 0 Å². The van der Waals surface area contributed by atoms with E-state index in [4.69, 9.17) is 0 Å². The van der Waals surface area contributed by atoms with Crippen molar-refractivity contribution in [1.29, 1.82) is 0 Å². The molecule has 11 heavy (non-hydrogen) atoms. The Balaban J connectivity index is 0. The molecular weight excluding hydrogens is 155 g/mol. The second-order valence-corrected chi connectivity index (χ2v) is 2.72. The van der Waals surface area contributed by atoms with E-state index in [2.05, 4.69) is 0 Å². The Labute approximate surface area is 89.1 Å². The molecular formula is C7H13NaO3. The summed E-state index contributed by atoms with van der Waals surface area (Å²) in [6.07, 6.45) is 0.771. The van der Waals surface area contributed by atoms with Crippen LogP contribution in [0.5, 0.6) is 0 Å². The first-order valence-electron chi connectivity index (χ1n) is 3.40. The van der Waals surface area contributed by atoms with Crippen molar-refractivity contribution in [3.63, 3.8) is 0 Å². The van der Waals surface area contributed by atoms with Crippen LogP contribution in [0.2, 0.25) is 0 Å². The maximum absolute atomic E-state index is 9.94. The second-order valence-electron chi connectivity index (χ2n) is 2.72. The summed E-state index contributed by atoms with van der Waals surface area (Å²) in [5.41, 5.74) is -0.847. The predicted octanol–water partition coefficient (Wildman–Crippen LogP) is -3.32. The summed E-state index contributed by atoms with van der Waals surface area (Å²) >= 11 is 0. The van der Waals surface area contributed by atoms with Gasteiger partial charge in [-0.3, -0.25) is 0 Å². The summed E-state index contributed by atoms with van der Waals surface area (Å²) < 4.78 is 0. The Hall–Kier alpha value is 0.430. The summed E-state index contributed by atoms with van der Waals surface area (Å²) in [7, 11) is 0. The molecule has 0 spiro atoms. The van der Waals surface area contributed by atoms with Crippen LogP contribution in [-0.4, -0.2) is 16.7 Å². The zero-order valence-corrected chi connectivity index (χ0v) is 9.39. The largest absolute Gasteiger partial charge is 1.00 e. The topological polar surface area (TPSA) is 60.4 Å². The van der Waals surface area contributed by atoms with Gasteiger partial charge in [0.15, 0.2) is 0 Å². The van der Waals surface area contributed by atoms with Crippen LogP contribution in [0.1, 0.15) is 33.1 Å². The molecule has 0 aromatic carbocycles. The third-order valence-electron chi connectivity index (χ3n) is 1.63. The van der Waals surface area contributed by atoms with Crippen LogP contribution in [0.25, 0.3) is 0 Å². The molecule has 0 heterocycles. The first-order valence-corrected chi connectivity index (χ1v) is 3.40. The number of hydrogen-bond donors (Lipinski definition) is 1. The second kappa shape index (κ2) is 6.00. The first-order chi connectivity index (χ1) is 4.48. The number of rotatable bonds is 4. The molecule has 1 N–H and O–H groups in total. The minimum atomic E-state index is -1.10. The van der Waals surface area contributed by atoms with E-state index in [9.17, 15) is 15.0 Å². The molecule has 0 aliphatic heterocycles. The van der Waals surface area contributed by atoms with Crippen LogP contribution in [0.4, 0.5) is 0 Å². The Kier molecular flexibility index (Phi) is 7.63. The maximum Gasteiger partial charge on any atom is 1.00 e. The fourth-order valence-corrected chi connectivity index (χ4v) is 0.548. The van der Waals surface area contributed by atoms with Gasteiger partial charge in [0.25, 0.3) is 0 Å². The van der Waals surface area contributed by atoms with Gasteiger partial charge in [-0.15, -0.1) is 0 Å². The Morgan fingerprint density at radius 3 is 2.36 bits per heavy atom. The Bertz CT molecular complexity index is 123. The van der Waals surface area contributed by atoms with Crippen LogP contribution in [-0.2, 0) is 4.79 Å². The Morgan fingerprint density at radius 2 is 2.09 bits per heavy atom. The molecule has 0 aromatic heterocycles. The van der Waals surface area contributed by atoms with Crippen molar-refractivity contribution in [2.45, 2.75) is 38.7 Å². The van der Waals surface area contributed by atoms with Gasteiger partial charge in [0.2, 0.25) is 0 Å². The van der Waals surface area contributed by atoms with Gasteiger partial charge < -0.3 is 15.0 Å². The number of carboxylic acid groups (broad SMARTS) is 1. The van der Waals surface area contributed by atoms with Gasteiger partial charge in [0.05, 0.1) is 5.60 Å². The summed E-state index contributed by atoms with van der Waals surface area (Å²) in [6.45, 7) is 3.44. The molecule has 60 valence electrons. The van der Waals surface area contributed by atoms with E-state index in [1.165, 1.54) is 0 Å². The fourth-order valence-electron chi connectivity index (χ4n) is 0.548. The van der Waals surface area contributed by atoms with Gasteiger partial charge in [-0.1, -0.05) is 6.92 Å². The van der Waals surface area contributed by atoms with E-state index in [1.807, 2.05) is 6.92 Å². The molecule has 1 atom stereocenters. The normalized spacial score (nSPS) is 14.8. The molecule has 0 unspecified atom stereocenters. The van der Waals surface area contributed by atoms with E-state index in [0.717, 1.165) is 0 Å². The van der Waals surface area contributed by atoms with Crippen molar-refractivity contribution in [2.24, 2.45) is 0 Å². The van der Waals surface area contributed by atoms with Gasteiger partial charge in [-0.25, -0.2) is 0 Å². The average Bonchev–Trinajstić information content (AvgIpc) is 1.85. The van der Waals surface area contributed by atoms with Gasteiger partial charge >= 0.3 is 29.6 Å². The maximum atomic E-state index is 9.94. The third kappa shape index (κ3) is 8.34. The summed E-state index contributed by atoms with van der Waals surface area (Å²) in [4.78, 5) is 9.94. The smallest absolute Gasteiger partial charge is 0.550 e. The van der Waals surface area contributed by atoms with Gasteiger partial charge in [0, 0.05) is 5.97 Å². The van der Waals surface area contributed by atoms with E-state index in [-0.39, 0.29) is 42.4 Å². The number of aliphatic carboxylic acids is 1. The number of aliphatic hydroxyl groups is 1. The van der Waals surface area contributed by atoms with Crippen LogP contribution < -0.4 is 34.7 Å². The van der Waals surface area contributed by atoms with E-state index in [0.29, 0.717) is 6.42 Å². The SMILES string of the molecule is CC[C@@](C)(O)CCC(=O)[O-].[Na+]. The van der Waals surface area contributed by atoms with Crippen molar-refractivity contribution < 1.29 is 44.6 Å². The van der Waals surface area contributed by atoms with E-state index >= 15 is 0 Å². The first kappa shape index (κ1) is 14.0. The average molecular weight is 168 g/mol. The number of carbonyl (C=O) groups is 1. The minimum absolute atomic E-state index is 0. The van der Waals surface area contributed by atoms with Crippen molar-refractivity contribution in [3.05, 3.63) is 0 Å². The monoisotopic (exact) mass is 168 g/mol. The number of carbonyl (C=O) groups excluding carboxylic acids is 1. The number of hydrogen-bond acceptors (Lipinski definition) is 3. The molecule has 0 radical (unpaired) electrons. The molecule has 0 aliphatic carbocycles. The molecule has 0 bridgehead atoms. The van der Waals surface area contributed by atoms with E-state index < -0.39 is 11.6 Å². The molecule has 0 aromatic rings. The molecule has 0 saturated heterocycles. The minimum Gasteiger partial charge on any atom is -0.550 e. The predicted molar refractivity (Wildman–Crippen MR) is 35.2 cm³/mol. The molecule has 4 heteroatoms. The number of carboxylic acids is 1. The van der Waals surface area contributed by atoms with Crippen LogP contribution >= 0.6 is 0 Å². The van der Waals surface area contributed by atoms with Crippen LogP contribution in [0, 0.1) is 0 Å². The van der Waals surface area contributed by atoms with Crippen LogP contribution in [0.15, 0.2) is 0 Å². The van der Waals surface area contributed by atoms with Gasteiger partial charge in [-0.05, 0) is 26.2 Å². The summed E-state index contributed by atoms with van der Waals surface area (Å²) in [5, 5.41) is 19.2. The zero-order chi connectivity index (χ0) is 8.20. The molecule has 0 aliphatic rings. The Morgan fingerprint density at radius 1 is 1.64 bits per heavy atom. The summed E-state index contributed by atoms with van der Waals surface area (Å²) in [6, 6.07) is 0. The standard InChI is InChI=1S/C7H14O3.Na/c1-3-7(2,10)5-4-6(8)9;/h10H,3-5H2,1-2H3,(H,8,9);/q;+1/p-1/t7-;/m1./s1. The molecule has 3 nitrogen and oxygen atoms in total.